The van der Waals surface area contributed by atoms with Crippen molar-refractivity contribution in [3.63, 3.8) is 0 Å². The molecule has 7 nitrogen and oxygen atoms in total. The van der Waals surface area contributed by atoms with E-state index in [2.05, 4.69) is 10.6 Å². The third kappa shape index (κ3) is 3.26. The number of rotatable bonds is 5. The SMILES string of the molecule is COc1ccc(NC(=O)C2(C(=O)Nc3ccc4c(c3)OCO4)CC2)cc1Cl. The van der Waals surface area contributed by atoms with Gasteiger partial charge in [-0.15, -0.1) is 0 Å². The number of hydrogen-bond acceptors (Lipinski definition) is 5. The number of hydrogen-bond donors (Lipinski definition) is 2. The predicted molar refractivity (Wildman–Crippen MR) is 99.5 cm³/mol. The highest BCUT2D eigenvalue weighted by atomic mass is 35.5. The summed E-state index contributed by atoms with van der Waals surface area (Å²) in [5.74, 6) is 0.995. The van der Waals surface area contributed by atoms with E-state index in [0.29, 0.717) is 46.5 Å². The molecule has 1 heterocycles. The van der Waals surface area contributed by atoms with Gasteiger partial charge in [0.1, 0.15) is 11.2 Å². The molecule has 0 spiro atoms. The number of fused-ring (bicyclic) bond motifs is 1. The Kier molecular flexibility index (Phi) is 4.31. The van der Waals surface area contributed by atoms with E-state index in [4.69, 9.17) is 25.8 Å². The number of anilines is 2. The van der Waals surface area contributed by atoms with Gasteiger partial charge in [-0.25, -0.2) is 0 Å². The van der Waals surface area contributed by atoms with Gasteiger partial charge in [0.15, 0.2) is 11.5 Å². The quantitative estimate of drug-likeness (QED) is 0.766. The first-order chi connectivity index (χ1) is 13.0. The summed E-state index contributed by atoms with van der Waals surface area (Å²) in [6, 6.07) is 10.0. The minimum atomic E-state index is -1.08. The molecule has 2 amide bonds. The van der Waals surface area contributed by atoms with Gasteiger partial charge in [0.25, 0.3) is 0 Å². The summed E-state index contributed by atoms with van der Waals surface area (Å²) in [6.45, 7) is 0.156. The molecule has 1 aliphatic carbocycles. The lowest BCUT2D eigenvalue weighted by Crippen LogP contribution is -2.35. The summed E-state index contributed by atoms with van der Waals surface area (Å²) in [5.41, 5.74) is -0.0215. The second-order valence-corrected chi connectivity index (χ2v) is 6.81. The van der Waals surface area contributed by atoms with E-state index < -0.39 is 5.41 Å². The fourth-order valence-electron chi connectivity index (χ4n) is 2.90. The lowest BCUT2D eigenvalue weighted by Gasteiger charge is -2.16. The highest BCUT2D eigenvalue weighted by Crippen LogP contribution is 2.48. The lowest BCUT2D eigenvalue weighted by molar-refractivity contribution is -0.131. The number of carbonyl (C=O) groups is 2. The van der Waals surface area contributed by atoms with Gasteiger partial charge in [-0.05, 0) is 43.2 Å². The summed E-state index contributed by atoms with van der Waals surface area (Å²) in [7, 11) is 1.51. The minimum absolute atomic E-state index is 0.156. The van der Waals surface area contributed by atoms with Crippen LogP contribution in [-0.2, 0) is 9.59 Å². The number of ether oxygens (including phenoxy) is 3. The molecule has 1 fully saturated rings. The highest BCUT2D eigenvalue weighted by molar-refractivity contribution is 6.32. The Balaban J connectivity index is 1.45. The number of methoxy groups -OCH3 is 1. The van der Waals surface area contributed by atoms with E-state index in [-0.39, 0.29) is 18.6 Å². The van der Waals surface area contributed by atoms with Crippen LogP contribution >= 0.6 is 11.6 Å². The Morgan fingerprint density at radius 1 is 1.00 bits per heavy atom. The van der Waals surface area contributed by atoms with Gasteiger partial charge >= 0.3 is 0 Å². The summed E-state index contributed by atoms with van der Waals surface area (Å²) in [6.07, 6.45) is 0.970. The van der Waals surface area contributed by atoms with Crippen molar-refractivity contribution in [3.05, 3.63) is 41.4 Å². The normalized spacial score (nSPS) is 15.8. The minimum Gasteiger partial charge on any atom is -0.495 e. The van der Waals surface area contributed by atoms with Crippen LogP contribution in [0, 0.1) is 5.41 Å². The summed E-state index contributed by atoms with van der Waals surface area (Å²) < 4.78 is 15.6. The third-order valence-corrected chi connectivity index (χ3v) is 4.95. The standard InChI is InChI=1S/C19H17ClN2O5/c1-25-14-4-2-11(8-13(14)20)21-17(23)19(6-7-19)18(24)22-12-3-5-15-16(9-12)27-10-26-15/h2-5,8-9H,6-7,10H2,1H3,(H,21,23)(H,22,24). The molecule has 0 aromatic heterocycles. The van der Waals surface area contributed by atoms with Crippen molar-refractivity contribution in [3.8, 4) is 17.2 Å². The molecule has 1 aliphatic heterocycles. The molecular weight excluding hydrogens is 372 g/mol. The van der Waals surface area contributed by atoms with Crippen molar-refractivity contribution >= 4 is 34.8 Å². The van der Waals surface area contributed by atoms with Gasteiger partial charge in [0.2, 0.25) is 18.6 Å². The Labute approximate surface area is 160 Å². The molecule has 0 bridgehead atoms. The van der Waals surface area contributed by atoms with E-state index in [0.717, 1.165) is 0 Å². The second-order valence-electron chi connectivity index (χ2n) is 6.41. The summed E-state index contributed by atoms with van der Waals surface area (Å²) in [5, 5.41) is 5.93. The maximum atomic E-state index is 12.7. The Bertz CT molecular complexity index is 926. The van der Waals surface area contributed by atoms with Gasteiger partial charge < -0.3 is 24.8 Å². The van der Waals surface area contributed by atoms with Crippen molar-refractivity contribution in [2.75, 3.05) is 24.5 Å². The second kappa shape index (κ2) is 6.66. The van der Waals surface area contributed by atoms with E-state index in [9.17, 15) is 9.59 Å². The number of amides is 2. The van der Waals surface area contributed by atoms with Crippen LogP contribution in [0.4, 0.5) is 11.4 Å². The Morgan fingerprint density at radius 3 is 2.26 bits per heavy atom. The van der Waals surface area contributed by atoms with Gasteiger partial charge in [-0.1, -0.05) is 11.6 Å². The lowest BCUT2D eigenvalue weighted by atomic mass is 10.0. The zero-order valence-corrected chi connectivity index (χ0v) is 15.3. The molecule has 4 rings (SSSR count). The smallest absolute Gasteiger partial charge is 0.240 e. The van der Waals surface area contributed by atoms with E-state index >= 15 is 0 Å². The average molecular weight is 389 g/mol. The first kappa shape index (κ1) is 17.5. The zero-order valence-electron chi connectivity index (χ0n) is 14.5. The van der Waals surface area contributed by atoms with E-state index in [1.165, 1.54) is 7.11 Å². The van der Waals surface area contributed by atoms with Crippen LogP contribution in [-0.4, -0.2) is 25.7 Å². The maximum Gasteiger partial charge on any atom is 0.240 e. The maximum absolute atomic E-state index is 12.7. The molecule has 0 atom stereocenters. The zero-order chi connectivity index (χ0) is 19.0. The van der Waals surface area contributed by atoms with Gasteiger partial charge in [-0.3, -0.25) is 9.59 Å². The van der Waals surface area contributed by atoms with Crippen molar-refractivity contribution in [2.45, 2.75) is 12.8 Å². The first-order valence-corrected chi connectivity index (χ1v) is 8.76. The van der Waals surface area contributed by atoms with Crippen LogP contribution < -0.4 is 24.8 Å². The molecule has 1 saturated carbocycles. The summed E-state index contributed by atoms with van der Waals surface area (Å²) >= 11 is 6.08. The number of benzene rings is 2. The molecular formula is C19H17ClN2O5. The van der Waals surface area contributed by atoms with Crippen LogP contribution in [0.5, 0.6) is 17.2 Å². The predicted octanol–water partition coefficient (Wildman–Crippen LogP) is 3.43. The van der Waals surface area contributed by atoms with Crippen molar-refractivity contribution in [1.29, 1.82) is 0 Å². The van der Waals surface area contributed by atoms with Gasteiger partial charge in [0.05, 0.1) is 12.1 Å². The van der Waals surface area contributed by atoms with Gasteiger partial charge in [-0.2, -0.15) is 0 Å². The van der Waals surface area contributed by atoms with Crippen molar-refractivity contribution in [1.82, 2.24) is 0 Å². The molecule has 2 aromatic carbocycles. The average Bonchev–Trinajstić information content (AvgIpc) is 3.34. The molecule has 0 radical (unpaired) electrons. The monoisotopic (exact) mass is 388 g/mol. The third-order valence-electron chi connectivity index (χ3n) is 4.66. The van der Waals surface area contributed by atoms with Crippen LogP contribution in [0.1, 0.15) is 12.8 Å². The van der Waals surface area contributed by atoms with Crippen molar-refractivity contribution < 1.29 is 23.8 Å². The van der Waals surface area contributed by atoms with Gasteiger partial charge in [0, 0.05) is 17.4 Å². The Morgan fingerprint density at radius 2 is 1.63 bits per heavy atom. The molecule has 2 aromatic rings. The molecule has 8 heteroatoms. The van der Waals surface area contributed by atoms with Crippen LogP contribution in [0.2, 0.25) is 5.02 Å². The number of carbonyl (C=O) groups excluding carboxylic acids is 2. The molecule has 2 N–H and O–H groups in total. The summed E-state index contributed by atoms with van der Waals surface area (Å²) in [4.78, 5) is 25.4. The first-order valence-electron chi connectivity index (χ1n) is 8.38. The molecule has 2 aliphatic rings. The largest absolute Gasteiger partial charge is 0.495 e. The number of halogens is 1. The highest BCUT2D eigenvalue weighted by Gasteiger charge is 2.56. The fourth-order valence-corrected chi connectivity index (χ4v) is 3.16. The van der Waals surface area contributed by atoms with E-state index in [1.807, 2.05) is 0 Å². The fraction of sp³-hybridized carbons (Fsp3) is 0.263. The molecule has 0 saturated heterocycles. The molecule has 27 heavy (non-hydrogen) atoms. The topological polar surface area (TPSA) is 85.9 Å². The Hall–Kier alpha value is -2.93. The van der Waals surface area contributed by atoms with Crippen molar-refractivity contribution in [2.24, 2.45) is 5.41 Å². The van der Waals surface area contributed by atoms with Crippen LogP contribution in [0.25, 0.3) is 0 Å². The van der Waals surface area contributed by atoms with E-state index in [1.54, 1.807) is 36.4 Å². The van der Waals surface area contributed by atoms with Crippen LogP contribution in [0.3, 0.4) is 0 Å². The molecule has 0 unspecified atom stereocenters. The number of nitrogens with one attached hydrogen (secondary N) is 2. The van der Waals surface area contributed by atoms with Crippen LogP contribution in [0.15, 0.2) is 36.4 Å². The molecule has 140 valence electrons.